The van der Waals surface area contributed by atoms with Crippen molar-refractivity contribution in [3.63, 3.8) is 0 Å². The van der Waals surface area contributed by atoms with Gasteiger partial charge in [-0.2, -0.15) is 5.10 Å². The Morgan fingerprint density at radius 1 is 1.63 bits per heavy atom. The fourth-order valence-corrected chi connectivity index (χ4v) is 2.84. The van der Waals surface area contributed by atoms with Crippen LogP contribution in [0, 0.1) is 6.92 Å². The van der Waals surface area contributed by atoms with E-state index >= 15 is 0 Å². The summed E-state index contributed by atoms with van der Waals surface area (Å²) in [5.41, 5.74) is 6.84. The number of carbonyl (C=O) groups is 1. The van der Waals surface area contributed by atoms with Gasteiger partial charge in [-0.05, 0) is 24.8 Å². The van der Waals surface area contributed by atoms with Crippen molar-refractivity contribution < 1.29 is 4.79 Å². The first-order valence-corrected chi connectivity index (χ1v) is 7.16. The molecule has 2 heterocycles. The second kappa shape index (κ2) is 5.88. The molecule has 0 radical (unpaired) electrons. The van der Waals surface area contributed by atoms with Crippen molar-refractivity contribution >= 4 is 23.1 Å². The van der Waals surface area contributed by atoms with Gasteiger partial charge in [-0.25, -0.2) is 0 Å². The van der Waals surface area contributed by atoms with Gasteiger partial charge in [0, 0.05) is 10.6 Å². The van der Waals surface area contributed by atoms with Crippen molar-refractivity contribution in [1.29, 1.82) is 0 Å². The highest BCUT2D eigenvalue weighted by Gasteiger charge is 2.20. The SMILES string of the molecule is CCCC(NC(=O)c1c(N)n[nH]c1C)c1cccs1. The molecule has 0 bridgehead atoms. The summed E-state index contributed by atoms with van der Waals surface area (Å²) in [5.74, 6) is 0.0760. The number of aromatic nitrogens is 2. The van der Waals surface area contributed by atoms with Crippen LogP contribution in [0.15, 0.2) is 17.5 Å². The average Bonchev–Trinajstić information content (AvgIpc) is 2.99. The van der Waals surface area contributed by atoms with E-state index in [9.17, 15) is 4.79 Å². The van der Waals surface area contributed by atoms with Crippen LogP contribution < -0.4 is 11.1 Å². The number of nitrogens with one attached hydrogen (secondary N) is 2. The minimum absolute atomic E-state index is 0.0335. The van der Waals surface area contributed by atoms with Crippen molar-refractivity contribution in [2.75, 3.05) is 5.73 Å². The molecule has 102 valence electrons. The molecule has 2 aromatic heterocycles. The highest BCUT2D eigenvalue weighted by molar-refractivity contribution is 7.10. The molecule has 0 aromatic carbocycles. The molecule has 0 saturated heterocycles. The molecule has 6 heteroatoms. The number of hydrogen-bond acceptors (Lipinski definition) is 4. The molecule has 2 aromatic rings. The fourth-order valence-electron chi connectivity index (χ4n) is 2.03. The van der Waals surface area contributed by atoms with Gasteiger partial charge in [-0.1, -0.05) is 19.4 Å². The molecular formula is C13H18N4OS. The van der Waals surface area contributed by atoms with Crippen LogP contribution in [0.3, 0.4) is 0 Å². The molecule has 0 aliphatic heterocycles. The number of aromatic amines is 1. The summed E-state index contributed by atoms with van der Waals surface area (Å²) in [6, 6.07) is 4.06. The second-order valence-electron chi connectivity index (χ2n) is 4.44. The van der Waals surface area contributed by atoms with Crippen molar-refractivity contribution in [2.24, 2.45) is 0 Å². The van der Waals surface area contributed by atoms with Gasteiger partial charge < -0.3 is 11.1 Å². The third-order valence-electron chi connectivity index (χ3n) is 2.97. The van der Waals surface area contributed by atoms with E-state index in [-0.39, 0.29) is 17.8 Å². The Labute approximate surface area is 116 Å². The Balaban J connectivity index is 2.16. The Hall–Kier alpha value is -1.82. The Morgan fingerprint density at radius 3 is 2.95 bits per heavy atom. The van der Waals surface area contributed by atoms with Gasteiger partial charge in [0.05, 0.1) is 6.04 Å². The Morgan fingerprint density at radius 2 is 2.42 bits per heavy atom. The number of nitrogens with zero attached hydrogens (tertiary/aromatic N) is 1. The zero-order chi connectivity index (χ0) is 13.8. The first-order chi connectivity index (χ1) is 9.13. The number of rotatable bonds is 5. The topological polar surface area (TPSA) is 83.8 Å². The minimum Gasteiger partial charge on any atom is -0.382 e. The van der Waals surface area contributed by atoms with Crippen LogP contribution in [0.25, 0.3) is 0 Å². The summed E-state index contributed by atoms with van der Waals surface area (Å²) in [6.45, 7) is 3.89. The summed E-state index contributed by atoms with van der Waals surface area (Å²) in [5, 5.41) is 11.6. The lowest BCUT2D eigenvalue weighted by Crippen LogP contribution is -2.28. The zero-order valence-corrected chi connectivity index (χ0v) is 11.9. The number of anilines is 1. The van der Waals surface area contributed by atoms with Crippen molar-refractivity contribution in [3.05, 3.63) is 33.6 Å². The molecule has 0 saturated carbocycles. The molecule has 0 aliphatic rings. The Bertz CT molecular complexity index is 527. The fraction of sp³-hybridized carbons (Fsp3) is 0.385. The number of nitrogens with two attached hydrogens (primary N) is 1. The predicted molar refractivity (Wildman–Crippen MR) is 77.2 cm³/mol. The molecule has 1 atom stereocenters. The number of H-pyrrole nitrogens is 1. The average molecular weight is 278 g/mol. The largest absolute Gasteiger partial charge is 0.382 e. The Kier molecular flexibility index (Phi) is 4.21. The van der Waals surface area contributed by atoms with Crippen LogP contribution in [0.4, 0.5) is 5.82 Å². The number of nitrogen functional groups attached to an aromatic ring is 1. The maximum Gasteiger partial charge on any atom is 0.257 e. The van der Waals surface area contributed by atoms with Crippen molar-refractivity contribution in [2.45, 2.75) is 32.7 Å². The summed E-state index contributed by atoms with van der Waals surface area (Å²) < 4.78 is 0. The number of amides is 1. The molecule has 0 spiro atoms. The van der Waals surface area contributed by atoms with Crippen LogP contribution in [0.1, 0.15) is 46.7 Å². The molecule has 19 heavy (non-hydrogen) atoms. The maximum atomic E-state index is 12.3. The monoisotopic (exact) mass is 278 g/mol. The summed E-state index contributed by atoms with van der Waals surface area (Å²) >= 11 is 1.65. The van der Waals surface area contributed by atoms with E-state index < -0.39 is 0 Å². The summed E-state index contributed by atoms with van der Waals surface area (Å²) in [7, 11) is 0. The number of carbonyl (C=O) groups excluding carboxylic acids is 1. The quantitative estimate of drug-likeness (QED) is 0.786. The molecule has 2 rings (SSSR count). The van der Waals surface area contributed by atoms with Crippen LogP contribution >= 0.6 is 11.3 Å². The standard InChI is InChI=1S/C13H18N4OS/c1-3-5-9(10-6-4-7-19-10)15-13(18)11-8(2)16-17-12(11)14/h4,6-7,9H,3,5H2,1-2H3,(H,15,18)(H3,14,16,17). The van der Waals surface area contributed by atoms with Crippen molar-refractivity contribution in [3.8, 4) is 0 Å². The zero-order valence-electron chi connectivity index (χ0n) is 11.1. The lowest BCUT2D eigenvalue weighted by Gasteiger charge is -2.16. The molecule has 1 unspecified atom stereocenters. The first-order valence-electron chi connectivity index (χ1n) is 6.28. The number of aryl methyl sites for hydroxylation is 1. The number of thiophene rings is 1. The van der Waals surface area contributed by atoms with Crippen molar-refractivity contribution in [1.82, 2.24) is 15.5 Å². The molecule has 4 N–H and O–H groups in total. The third kappa shape index (κ3) is 2.96. The normalized spacial score (nSPS) is 12.3. The van der Waals surface area contributed by atoms with E-state index in [1.54, 1.807) is 18.3 Å². The second-order valence-corrected chi connectivity index (χ2v) is 5.42. The van der Waals surface area contributed by atoms with E-state index in [2.05, 4.69) is 22.4 Å². The maximum absolute atomic E-state index is 12.3. The summed E-state index contributed by atoms with van der Waals surface area (Å²) in [4.78, 5) is 13.4. The van der Waals surface area contributed by atoms with Gasteiger partial charge in [0.15, 0.2) is 5.82 Å². The highest BCUT2D eigenvalue weighted by atomic mass is 32.1. The number of hydrogen-bond donors (Lipinski definition) is 3. The highest BCUT2D eigenvalue weighted by Crippen LogP contribution is 2.24. The van der Waals surface area contributed by atoms with E-state index in [0.717, 1.165) is 17.7 Å². The molecule has 1 amide bonds. The van der Waals surface area contributed by atoms with Crippen LogP contribution in [-0.2, 0) is 0 Å². The van der Waals surface area contributed by atoms with Gasteiger partial charge in [-0.3, -0.25) is 9.89 Å². The third-order valence-corrected chi connectivity index (χ3v) is 3.96. The molecule has 0 aliphatic carbocycles. The van der Waals surface area contributed by atoms with Gasteiger partial charge >= 0.3 is 0 Å². The van der Waals surface area contributed by atoms with E-state index in [1.807, 2.05) is 17.5 Å². The predicted octanol–water partition coefficient (Wildman–Crippen LogP) is 2.63. The van der Waals surface area contributed by atoms with Gasteiger partial charge in [0.1, 0.15) is 5.56 Å². The van der Waals surface area contributed by atoms with Gasteiger partial charge in [0.25, 0.3) is 5.91 Å². The lowest BCUT2D eigenvalue weighted by molar-refractivity contribution is 0.0935. The molecular weight excluding hydrogens is 260 g/mol. The van der Waals surface area contributed by atoms with Crippen LogP contribution in [-0.4, -0.2) is 16.1 Å². The van der Waals surface area contributed by atoms with E-state index in [1.165, 1.54) is 0 Å². The lowest BCUT2D eigenvalue weighted by atomic mass is 10.1. The first kappa shape index (κ1) is 13.6. The van der Waals surface area contributed by atoms with Crippen LogP contribution in [0.2, 0.25) is 0 Å². The summed E-state index contributed by atoms with van der Waals surface area (Å²) in [6.07, 6.45) is 1.91. The van der Waals surface area contributed by atoms with E-state index in [4.69, 9.17) is 5.73 Å². The van der Waals surface area contributed by atoms with Gasteiger partial charge in [0.2, 0.25) is 0 Å². The smallest absolute Gasteiger partial charge is 0.257 e. The molecule has 5 nitrogen and oxygen atoms in total. The van der Waals surface area contributed by atoms with Gasteiger partial charge in [-0.15, -0.1) is 11.3 Å². The molecule has 0 fully saturated rings. The van der Waals surface area contributed by atoms with Crippen LogP contribution in [0.5, 0.6) is 0 Å². The minimum atomic E-state index is -0.171. The van der Waals surface area contributed by atoms with E-state index in [0.29, 0.717) is 11.3 Å².